The fourth-order valence-electron chi connectivity index (χ4n) is 5.64. The van der Waals surface area contributed by atoms with Gasteiger partial charge >= 0.3 is 0 Å². The second-order valence-corrected chi connectivity index (χ2v) is 10.8. The van der Waals surface area contributed by atoms with Crippen LogP contribution in [-0.2, 0) is 6.42 Å². The third kappa shape index (κ3) is 4.85. The SMILES string of the molecule is C[C@@H]1Cc2c([nH]c3ccccc23)C(c2c(F)cc(OC3CN(CCCF)C3)cc2F)N1CC(C)(C)F. The van der Waals surface area contributed by atoms with E-state index in [1.54, 1.807) is 0 Å². The minimum absolute atomic E-state index is 0.0293. The van der Waals surface area contributed by atoms with Crippen molar-refractivity contribution in [3.63, 3.8) is 0 Å². The summed E-state index contributed by atoms with van der Waals surface area (Å²) < 4.78 is 64.5. The zero-order chi connectivity index (χ0) is 25.6. The zero-order valence-corrected chi connectivity index (χ0v) is 21.0. The number of nitrogens with zero attached hydrogens (tertiary/aromatic N) is 2. The van der Waals surface area contributed by atoms with Gasteiger partial charge in [-0.25, -0.2) is 13.2 Å². The van der Waals surface area contributed by atoms with E-state index in [0.29, 0.717) is 38.2 Å². The minimum atomic E-state index is -1.55. The van der Waals surface area contributed by atoms with Gasteiger partial charge in [0.2, 0.25) is 0 Å². The van der Waals surface area contributed by atoms with E-state index >= 15 is 8.78 Å². The van der Waals surface area contributed by atoms with Crippen molar-refractivity contribution in [2.45, 2.75) is 57.5 Å². The molecule has 0 spiro atoms. The summed E-state index contributed by atoms with van der Waals surface area (Å²) in [6, 6.07) is 9.32. The number of aromatic nitrogens is 1. The molecule has 2 aliphatic rings. The van der Waals surface area contributed by atoms with Crippen LogP contribution < -0.4 is 4.74 Å². The molecule has 2 aromatic carbocycles. The second-order valence-electron chi connectivity index (χ2n) is 10.8. The van der Waals surface area contributed by atoms with E-state index < -0.39 is 23.3 Å². The Labute approximate surface area is 209 Å². The van der Waals surface area contributed by atoms with Gasteiger partial charge in [0.05, 0.1) is 12.7 Å². The number of halogens is 4. The molecule has 0 bridgehead atoms. The second kappa shape index (κ2) is 9.71. The Balaban J connectivity index is 1.50. The number of rotatable bonds is 8. The maximum atomic E-state index is 15.7. The van der Waals surface area contributed by atoms with Gasteiger partial charge < -0.3 is 9.72 Å². The van der Waals surface area contributed by atoms with Gasteiger partial charge in [-0.15, -0.1) is 0 Å². The van der Waals surface area contributed by atoms with Crippen molar-refractivity contribution in [3.8, 4) is 5.75 Å². The lowest BCUT2D eigenvalue weighted by Gasteiger charge is -2.43. The summed E-state index contributed by atoms with van der Waals surface area (Å²) in [5.41, 5.74) is 0.948. The van der Waals surface area contributed by atoms with Crippen LogP contribution in [-0.4, -0.2) is 65.5 Å². The molecule has 3 aromatic rings. The number of hydrogen-bond acceptors (Lipinski definition) is 3. The first-order chi connectivity index (χ1) is 17.1. The number of likely N-dealkylation sites (tertiary alicyclic amines) is 1. The number of hydrogen-bond donors (Lipinski definition) is 1. The van der Waals surface area contributed by atoms with Crippen LogP contribution >= 0.6 is 0 Å². The van der Waals surface area contributed by atoms with Gasteiger partial charge in [0.1, 0.15) is 29.2 Å². The molecule has 2 atom stereocenters. The van der Waals surface area contributed by atoms with Crippen molar-refractivity contribution < 1.29 is 22.3 Å². The molecule has 3 heterocycles. The molecule has 5 rings (SSSR count). The quantitative estimate of drug-likeness (QED) is 0.386. The van der Waals surface area contributed by atoms with Gasteiger partial charge in [0.15, 0.2) is 0 Å². The van der Waals surface area contributed by atoms with Crippen LogP contribution in [0.3, 0.4) is 0 Å². The Morgan fingerprint density at radius 1 is 1.11 bits per heavy atom. The van der Waals surface area contributed by atoms with Gasteiger partial charge in [0, 0.05) is 66.5 Å². The van der Waals surface area contributed by atoms with Crippen molar-refractivity contribution in [1.82, 2.24) is 14.8 Å². The third-order valence-electron chi connectivity index (χ3n) is 7.24. The number of fused-ring (bicyclic) bond motifs is 3. The normalized spacial score (nSPS) is 21.5. The van der Waals surface area contributed by atoms with E-state index in [9.17, 15) is 8.78 Å². The molecular weight excluding hydrogens is 470 g/mol. The van der Waals surface area contributed by atoms with Crippen molar-refractivity contribution >= 4 is 10.9 Å². The highest BCUT2D eigenvalue weighted by atomic mass is 19.1. The molecule has 0 radical (unpaired) electrons. The molecule has 1 unspecified atom stereocenters. The zero-order valence-electron chi connectivity index (χ0n) is 21.0. The molecule has 0 amide bonds. The predicted octanol–water partition coefficient (Wildman–Crippen LogP) is 5.95. The summed E-state index contributed by atoms with van der Waals surface area (Å²) in [6.07, 6.45) is 0.928. The summed E-state index contributed by atoms with van der Waals surface area (Å²) in [5.74, 6) is -1.31. The molecule has 8 heteroatoms. The van der Waals surface area contributed by atoms with E-state index in [2.05, 4.69) is 4.98 Å². The summed E-state index contributed by atoms with van der Waals surface area (Å²) in [6.45, 7) is 6.45. The Kier molecular flexibility index (Phi) is 6.76. The lowest BCUT2D eigenvalue weighted by atomic mass is 9.87. The van der Waals surface area contributed by atoms with Gasteiger partial charge in [0.25, 0.3) is 0 Å². The number of H-pyrrole nitrogens is 1. The van der Waals surface area contributed by atoms with Crippen molar-refractivity contribution in [1.29, 1.82) is 0 Å². The molecule has 1 N–H and O–H groups in total. The highest BCUT2D eigenvalue weighted by Gasteiger charge is 2.41. The van der Waals surface area contributed by atoms with Gasteiger partial charge in [-0.05, 0) is 45.2 Å². The molecule has 194 valence electrons. The van der Waals surface area contributed by atoms with Crippen LogP contribution in [0.1, 0.15) is 50.1 Å². The number of alkyl halides is 2. The van der Waals surface area contributed by atoms with E-state index in [4.69, 9.17) is 4.74 Å². The number of aromatic amines is 1. The third-order valence-corrected chi connectivity index (χ3v) is 7.24. The van der Waals surface area contributed by atoms with E-state index in [-0.39, 0.29) is 36.7 Å². The number of nitrogens with one attached hydrogen (secondary N) is 1. The maximum Gasteiger partial charge on any atom is 0.135 e. The first-order valence-electron chi connectivity index (χ1n) is 12.6. The topological polar surface area (TPSA) is 31.5 Å². The number of ether oxygens (including phenoxy) is 1. The van der Waals surface area contributed by atoms with E-state index in [0.717, 1.165) is 16.5 Å². The van der Waals surface area contributed by atoms with E-state index in [1.807, 2.05) is 41.0 Å². The molecule has 1 saturated heterocycles. The Morgan fingerprint density at radius 2 is 1.81 bits per heavy atom. The van der Waals surface area contributed by atoms with Crippen LogP contribution in [0.15, 0.2) is 36.4 Å². The average molecular weight is 504 g/mol. The monoisotopic (exact) mass is 503 g/mol. The Morgan fingerprint density at radius 3 is 2.47 bits per heavy atom. The molecule has 0 aliphatic carbocycles. The molecule has 0 saturated carbocycles. The summed E-state index contributed by atoms with van der Waals surface area (Å²) >= 11 is 0. The Bertz CT molecular complexity index is 1210. The molecule has 4 nitrogen and oxygen atoms in total. The van der Waals surface area contributed by atoms with Crippen LogP contribution in [0.2, 0.25) is 0 Å². The lowest BCUT2D eigenvalue weighted by Crippen LogP contribution is -2.53. The highest BCUT2D eigenvalue weighted by Crippen LogP contribution is 2.43. The molecule has 36 heavy (non-hydrogen) atoms. The lowest BCUT2D eigenvalue weighted by molar-refractivity contribution is 0.0179. The minimum Gasteiger partial charge on any atom is -0.488 e. The van der Waals surface area contributed by atoms with Crippen molar-refractivity contribution in [2.75, 3.05) is 32.9 Å². The van der Waals surface area contributed by atoms with Crippen LogP contribution in [0.25, 0.3) is 10.9 Å². The van der Waals surface area contributed by atoms with Crippen molar-refractivity contribution in [2.24, 2.45) is 0 Å². The first-order valence-corrected chi connectivity index (χ1v) is 12.6. The van der Waals surface area contributed by atoms with Gasteiger partial charge in [-0.1, -0.05) is 18.2 Å². The van der Waals surface area contributed by atoms with Crippen LogP contribution in [0.5, 0.6) is 5.75 Å². The summed E-state index contributed by atoms with van der Waals surface area (Å²) in [5, 5.41) is 1.02. The number of para-hydroxylation sites is 1. The summed E-state index contributed by atoms with van der Waals surface area (Å²) in [4.78, 5) is 7.28. The largest absolute Gasteiger partial charge is 0.488 e. The number of benzene rings is 2. The van der Waals surface area contributed by atoms with E-state index in [1.165, 1.54) is 26.0 Å². The maximum absolute atomic E-state index is 15.7. The smallest absolute Gasteiger partial charge is 0.135 e. The standard InChI is InChI=1S/C28H33F4N3O/c1-17-11-21-20-7-4-5-8-24(20)33-26(21)27(35(17)16-28(2,3)32)25-22(30)12-18(13-23(25)31)36-19-14-34(15-19)10-6-9-29/h4-5,7-8,12-13,17,19,27,33H,6,9-11,14-16H2,1-3H3/t17-,27?/m1/s1. The van der Waals surface area contributed by atoms with Gasteiger partial charge in [-0.3, -0.25) is 14.2 Å². The fraction of sp³-hybridized carbons (Fsp3) is 0.500. The van der Waals surface area contributed by atoms with Crippen LogP contribution in [0, 0.1) is 11.6 Å². The Hall–Kier alpha value is -2.58. The predicted molar refractivity (Wildman–Crippen MR) is 133 cm³/mol. The first kappa shape index (κ1) is 25.1. The molecule has 1 aromatic heterocycles. The highest BCUT2D eigenvalue weighted by molar-refractivity contribution is 5.85. The molecular formula is C28H33F4N3O. The average Bonchev–Trinajstić information content (AvgIpc) is 3.14. The summed E-state index contributed by atoms with van der Waals surface area (Å²) in [7, 11) is 0. The fourth-order valence-corrected chi connectivity index (χ4v) is 5.64. The van der Waals surface area contributed by atoms with Crippen LogP contribution in [0.4, 0.5) is 17.6 Å². The van der Waals surface area contributed by atoms with Crippen molar-refractivity contribution in [3.05, 3.63) is 64.9 Å². The molecule has 1 fully saturated rings. The van der Waals surface area contributed by atoms with Gasteiger partial charge in [-0.2, -0.15) is 0 Å². The molecule has 2 aliphatic heterocycles.